The number of hydrogen-bond donors (Lipinski definition) is 0. The van der Waals surface area contributed by atoms with E-state index in [1.54, 1.807) is 18.6 Å². The molecule has 15 heavy (non-hydrogen) atoms. The molecule has 0 fully saturated rings. The van der Waals surface area contributed by atoms with Crippen LogP contribution in [0.2, 0.25) is 5.02 Å². The first kappa shape index (κ1) is 10.4. The van der Waals surface area contributed by atoms with Gasteiger partial charge in [-0.2, -0.15) is 0 Å². The number of hydrogen-bond acceptors (Lipinski definition) is 2. The Morgan fingerprint density at radius 1 is 1.20 bits per heavy atom. The van der Waals surface area contributed by atoms with Crippen LogP contribution in [0.25, 0.3) is 11.3 Å². The van der Waals surface area contributed by atoms with Crippen LogP contribution < -0.4 is 0 Å². The molecule has 2 aromatic rings. The van der Waals surface area contributed by atoms with Crippen LogP contribution in [0.4, 0.5) is 0 Å². The summed E-state index contributed by atoms with van der Waals surface area (Å²) in [7, 11) is 0. The minimum atomic E-state index is 0.388. The van der Waals surface area contributed by atoms with E-state index in [2.05, 4.69) is 9.97 Å². The molecule has 0 unspecified atom stereocenters. The first-order chi connectivity index (χ1) is 7.31. The molecule has 0 N–H and O–H groups in total. The second kappa shape index (κ2) is 4.60. The van der Waals surface area contributed by atoms with Gasteiger partial charge in [-0.15, -0.1) is 11.6 Å². The fraction of sp³-hybridized carbons (Fsp3) is 0.0909. The maximum Gasteiger partial charge on any atom is 0.0707 e. The monoisotopic (exact) mass is 238 g/mol. The van der Waals surface area contributed by atoms with E-state index in [1.165, 1.54) is 0 Å². The first-order valence-corrected chi connectivity index (χ1v) is 5.33. The molecule has 0 aliphatic heterocycles. The van der Waals surface area contributed by atoms with Crippen LogP contribution in [0.5, 0.6) is 0 Å². The van der Waals surface area contributed by atoms with Gasteiger partial charge in [-0.3, -0.25) is 9.97 Å². The van der Waals surface area contributed by atoms with Crippen molar-refractivity contribution < 1.29 is 0 Å². The van der Waals surface area contributed by atoms with Crippen molar-refractivity contribution in [2.24, 2.45) is 0 Å². The third-order valence-electron chi connectivity index (χ3n) is 2.05. The lowest BCUT2D eigenvalue weighted by molar-refractivity contribution is 1.25. The van der Waals surface area contributed by atoms with Gasteiger partial charge in [0.25, 0.3) is 0 Å². The summed E-state index contributed by atoms with van der Waals surface area (Å²) in [5.41, 5.74) is 2.76. The molecule has 0 saturated heterocycles. The molecule has 0 bridgehead atoms. The number of alkyl halides is 1. The summed E-state index contributed by atoms with van der Waals surface area (Å²) in [5.74, 6) is 0.388. The van der Waals surface area contributed by atoms with Gasteiger partial charge in [0.2, 0.25) is 0 Å². The summed E-state index contributed by atoms with van der Waals surface area (Å²) in [6.45, 7) is 0. The molecule has 0 spiro atoms. The summed E-state index contributed by atoms with van der Waals surface area (Å²) in [6.07, 6.45) is 5.08. The molecule has 0 amide bonds. The van der Waals surface area contributed by atoms with Crippen molar-refractivity contribution in [2.45, 2.75) is 5.88 Å². The summed E-state index contributed by atoms with van der Waals surface area (Å²) in [6, 6.07) is 5.69. The number of rotatable bonds is 2. The highest BCUT2D eigenvalue weighted by atomic mass is 35.5. The Labute approximate surface area is 97.9 Å². The summed E-state index contributed by atoms with van der Waals surface area (Å²) in [5, 5.41) is 0.600. The Morgan fingerprint density at radius 3 is 2.60 bits per heavy atom. The molecule has 0 saturated carbocycles. The molecule has 4 heteroatoms. The number of aromatic nitrogens is 2. The Morgan fingerprint density at radius 2 is 1.93 bits per heavy atom. The summed E-state index contributed by atoms with van der Waals surface area (Å²) in [4.78, 5) is 8.19. The summed E-state index contributed by atoms with van der Waals surface area (Å²) >= 11 is 11.7. The topological polar surface area (TPSA) is 25.8 Å². The summed E-state index contributed by atoms with van der Waals surface area (Å²) < 4.78 is 0. The average molecular weight is 239 g/mol. The second-order valence-electron chi connectivity index (χ2n) is 3.03. The molecule has 2 heterocycles. The molecule has 0 aliphatic carbocycles. The van der Waals surface area contributed by atoms with Crippen molar-refractivity contribution in [3.8, 4) is 11.3 Å². The zero-order chi connectivity index (χ0) is 10.7. The quantitative estimate of drug-likeness (QED) is 0.749. The van der Waals surface area contributed by atoms with Gasteiger partial charge in [-0.05, 0) is 23.8 Å². The number of halogens is 2. The van der Waals surface area contributed by atoms with Crippen LogP contribution in [0.3, 0.4) is 0 Å². The van der Waals surface area contributed by atoms with Gasteiger partial charge in [0.15, 0.2) is 0 Å². The van der Waals surface area contributed by atoms with E-state index in [4.69, 9.17) is 23.2 Å². The molecule has 0 radical (unpaired) electrons. The van der Waals surface area contributed by atoms with Crippen LogP contribution in [0.15, 0.2) is 36.8 Å². The van der Waals surface area contributed by atoms with E-state index in [0.29, 0.717) is 10.9 Å². The molecule has 76 valence electrons. The SMILES string of the molecule is ClCc1cc(-c2ccncc2)ncc1Cl. The van der Waals surface area contributed by atoms with Crippen molar-refractivity contribution >= 4 is 23.2 Å². The second-order valence-corrected chi connectivity index (χ2v) is 3.70. The average Bonchev–Trinajstić information content (AvgIpc) is 2.31. The highest BCUT2D eigenvalue weighted by molar-refractivity contribution is 6.32. The lowest BCUT2D eigenvalue weighted by atomic mass is 10.1. The van der Waals surface area contributed by atoms with E-state index in [1.807, 2.05) is 18.2 Å². The van der Waals surface area contributed by atoms with Crippen molar-refractivity contribution in [3.63, 3.8) is 0 Å². The number of nitrogens with zero attached hydrogens (tertiary/aromatic N) is 2. The van der Waals surface area contributed by atoms with Gasteiger partial charge in [0.05, 0.1) is 10.7 Å². The predicted octanol–water partition coefficient (Wildman–Crippen LogP) is 3.54. The van der Waals surface area contributed by atoms with E-state index in [0.717, 1.165) is 16.8 Å². The van der Waals surface area contributed by atoms with Gasteiger partial charge in [0, 0.05) is 30.0 Å². The Kier molecular flexibility index (Phi) is 3.19. The molecular formula is C11H8Cl2N2. The molecule has 0 atom stereocenters. The third-order valence-corrected chi connectivity index (χ3v) is 2.68. The third kappa shape index (κ3) is 2.28. The number of pyridine rings is 2. The Hall–Kier alpha value is -1.12. The molecule has 2 rings (SSSR count). The van der Waals surface area contributed by atoms with Crippen LogP contribution in [0.1, 0.15) is 5.56 Å². The van der Waals surface area contributed by atoms with Crippen molar-refractivity contribution in [3.05, 3.63) is 47.4 Å². The highest BCUT2D eigenvalue weighted by Gasteiger charge is 2.03. The molecule has 0 aromatic carbocycles. The fourth-order valence-corrected chi connectivity index (χ4v) is 1.72. The zero-order valence-electron chi connectivity index (χ0n) is 7.82. The predicted molar refractivity (Wildman–Crippen MR) is 62.0 cm³/mol. The van der Waals surface area contributed by atoms with Crippen LogP contribution >= 0.6 is 23.2 Å². The smallest absolute Gasteiger partial charge is 0.0707 e. The minimum Gasteiger partial charge on any atom is -0.265 e. The van der Waals surface area contributed by atoms with Crippen LogP contribution in [0, 0.1) is 0 Å². The molecule has 2 aromatic heterocycles. The first-order valence-electron chi connectivity index (χ1n) is 4.42. The van der Waals surface area contributed by atoms with Crippen LogP contribution in [-0.4, -0.2) is 9.97 Å². The standard InChI is InChI=1S/C11H8Cl2N2/c12-6-9-5-11(15-7-10(9)13)8-1-3-14-4-2-8/h1-5,7H,6H2. The Bertz CT molecular complexity index is 457. The van der Waals surface area contributed by atoms with Gasteiger partial charge in [0.1, 0.15) is 0 Å². The fourth-order valence-electron chi connectivity index (χ4n) is 1.26. The maximum absolute atomic E-state index is 5.92. The van der Waals surface area contributed by atoms with Crippen molar-refractivity contribution in [2.75, 3.05) is 0 Å². The lowest BCUT2D eigenvalue weighted by Gasteiger charge is -2.03. The Balaban J connectivity index is 2.46. The van der Waals surface area contributed by atoms with Gasteiger partial charge in [-0.25, -0.2) is 0 Å². The lowest BCUT2D eigenvalue weighted by Crippen LogP contribution is -1.88. The zero-order valence-corrected chi connectivity index (χ0v) is 9.33. The van der Waals surface area contributed by atoms with E-state index in [9.17, 15) is 0 Å². The maximum atomic E-state index is 5.92. The van der Waals surface area contributed by atoms with Gasteiger partial charge >= 0.3 is 0 Å². The van der Waals surface area contributed by atoms with Crippen molar-refractivity contribution in [1.29, 1.82) is 0 Å². The molecular weight excluding hydrogens is 231 g/mol. The molecule has 0 aliphatic rings. The normalized spacial score (nSPS) is 10.3. The highest BCUT2D eigenvalue weighted by Crippen LogP contribution is 2.23. The minimum absolute atomic E-state index is 0.388. The van der Waals surface area contributed by atoms with E-state index >= 15 is 0 Å². The van der Waals surface area contributed by atoms with Crippen LogP contribution in [-0.2, 0) is 5.88 Å². The van der Waals surface area contributed by atoms with Gasteiger partial charge < -0.3 is 0 Å². The van der Waals surface area contributed by atoms with Gasteiger partial charge in [-0.1, -0.05) is 11.6 Å². The van der Waals surface area contributed by atoms with E-state index in [-0.39, 0.29) is 0 Å². The van der Waals surface area contributed by atoms with E-state index < -0.39 is 0 Å². The molecule has 2 nitrogen and oxygen atoms in total. The van der Waals surface area contributed by atoms with Crippen molar-refractivity contribution in [1.82, 2.24) is 9.97 Å². The largest absolute Gasteiger partial charge is 0.265 e.